The second-order valence-electron chi connectivity index (χ2n) is 2.22. The summed E-state index contributed by atoms with van der Waals surface area (Å²) in [5.74, 6) is 0. The quantitative estimate of drug-likeness (QED) is 0.446. The van der Waals surface area contributed by atoms with Gasteiger partial charge in [-0.25, -0.2) is 16.8 Å². The maximum Gasteiger partial charge on any atom is 0.197 e. The minimum Gasteiger partial charge on any atom is -0.374 e. The maximum atomic E-state index is 10.6. The van der Waals surface area contributed by atoms with Crippen molar-refractivity contribution in [1.82, 2.24) is 0 Å². The molecule has 0 bridgehead atoms. The molecule has 0 amide bonds. The zero-order valence-corrected chi connectivity index (χ0v) is 6.84. The minimum atomic E-state index is -4.06. The second-order valence-corrected chi connectivity index (χ2v) is 6.78. The van der Waals surface area contributed by atoms with Crippen LogP contribution in [0, 0.1) is 0 Å². The van der Waals surface area contributed by atoms with Crippen LogP contribution in [0.15, 0.2) is 0 Å². The van der Waals surface area contributed by atoms with Crippen molar-refractivity contribution < 1.29 is 27.0 Å². The minimum absolute atomic E-state index is 1.18. The number of hydrogen-bond donors (Lipinski definition) is 2. The Morgan fingerprint density at radius 1 is 0.909 bits per heavy atom. The van der Waals surface area contributed by atoms with Gasteiger partial charge in [0.2, 0.25) is 0 Å². The molecule has 1 aliphatic rings. The first-order valence-electron chi connectivity index (χ1n) is 2.57. The van der Waals surface area contributed by atoms with Crippen LogP contribution in [0.3, 0.4) is 0 Å². The van der Waals surface area contributed by atoms with Crippen molar-refractivity contribution in [3.63, 3.8) is 0 Å². The van der Waals surface area contributed by atoms with Gasteiger partial charge >= 0.3 is 0 Å². The number of aliphatic hydroxyl groups excluding tert-OH is 2. The van der Waals surface area contributed by atoms with Gasteiger partial charge in [-0.1, -0.05) is 0 Å². The molecule has 0 aliphatic carbocycles. The Hall–Kier alpha value is -0.180. The lowest BCUT2D eigenvalue weighted by molar-refractivity contribution is 0.125. The summed E-state index contributed by atoms with van der Waals surface area (Å²) in [7, 11) is -8.13. The highest BCUT2D eigenvalue weighted by atomic mass is 32.3. The highest BCUT2D eigenvalue weighted by Gasteiger charge is 2.49. The number of rotatable bonds is 0. The normalized spacial score (nSPS) is 40.5. The largest absolute Gasteiger partial charge is 0.374 e. The summed E-state index contributed by atoms with van der Waals surface area (Å²) < 4.78 is 42.4. The van der Waals surface area contributed by atoms with Crippen LogP contribution in [-0.4, -0.2) is 43.0 Å². The van der Waals surface area contributed by atoms with Crippen molar-refractivity contribution >= 4 is 19.7 Å². The van der Waals surface area contributed by atoms with Crippen LogP contribution in [0.5, 0.6) is 0 Å². The van der Waals surface area contributed by atoms with Gasteiger partial charge in [0.15, 0.2) is 35.6 Å². The van der Waals surface area contributed by atoms with Gasteiger partial charge in [-0.05, 0) is 0 Å². The predicted molar refractivity (Wildman–Crippen MR) is 34.7 cm³/mol. The Bertz CT molecular complexity index is 313. The Morgan fingerprint density at radius 3 is 1.27 bits per heavy atom. The zero-order valence-electron chi connectivity index (χ0n) is 5.21. The molecule has 0 spiro atoms. The predicted octanol–water partition coefficient (Wildman–Crippen LogP) is -2.58. The third-order valence-electron chi connectivity index (χ3n) is 1.31. The van der Waals surface area contributed by atoms with Gasteiger partial charge in [0.05, 0.1) is 0 Å². The van der Waals surface area contributed by atoms with Crippen LogP contribution < -0.4 is 0 Å². The van der Waals surface area contributed by atoms with Crippen molar-refractivity contribution in [3.05, 3.63) is 0 Å². The number of aliphatic hydroxyl groups is 2. The summed E-state index contributed by atoms with van der Waals surface area (Å²) in [6.45, 7) is 0. The van der Waals surface area contributed by atoms with E-state index in [0.717, 1.165) is 0 Å². The summed E-state index contributed by atoms with van der Waals surface area (Å²) in [6.07, 6.45) is 0. The van der Waals surface area contributed by atoms with Crippen LogP contribution in [-0.2, 0) is 19.7 Å². The van der Waals surface area contributed by atoms with Crippen LogP contribution in [0.25, 0.3) is 0 Å². The fourth-order valence-electron chi connectivity index (χ4n) is 0.723. The van der Waals surface area contributed by atoms with Gasteiger partial charge < -0.3 is 10.2 Å². The summed E-state index contributed by atoms with van der Waals surface area (Å²) in [6, 6.07) is 0. The average Bonchev–Trinajstić information content (AvgIpc) is 1.91. The lowest BCUT2D eigenvalue weighted by Crippen LogP contribution is -2.28. The van der Waals surface area contributed by atoms with Crippen LogP contribution in [0.1, 0.15) is 0 Å². The van der Waals surface area contributed by atoms with Crippen molar-refractivity contribution in [1.29, 1.82) is 0 Å². The molecule has 1 fully saturated rings. The molecular formula is C3H6O6S2. The first-order chi connectivity index (χ1) is 4.77. The molecule has 1 aliphatic heterocycles. The lowest BCUT2D eigenvalue weighted by atomic mass is 10.8. The molecule has 6 nitrogen and oxygen atoms in total. The Morgan fingerprint density at radius 2 is 1.18 bits per heavy atom. The molecule has 0 aromatic heterocycles. The van der Waals surface area contributed by atoms with E-state index in [2.05, 4.69) is 0 Å². The molecule has 2 atom stereocenters. The molecule has 66 valence electrons. The van der Waals surface area contributed by atoms with Crippen molar-refractivity contribution in [2.24, 2.45) is 0 Å². The van der Waals surface area contributed by atoms with Gasteiger partial charge in [0.1, 0.15) is 0 Å². The monoisotopic (exact) mass is 202 g/mol. The van der Waals surface area contributed by atoms with E-state index >= 15 is 0 Å². The molecule has 11 heavy (non-hydrogen) atoms. The van der Waals surface area contributed by atoms with E-state index in [1.54, 1.807) is 0 Å². The van der Waals surface area contributed by atoms with Crippen molar-refractivity contribution in [2.45, 2.75) is 10.9 Å². The summed E-state index contributed by atoms with van der Waals surface area (Å²) in [4.78, 5) is 0. The first kappa shape index (κ1) is 8.91. The molecule has 2 unspecified atom stereocenters. The van der Waals surface area contributed by atoms with Gasteiger partial charge in [-0.2, -0.15) is 0 Å². The fourth-order valence-corrected chi connectivity index (χ4v) is 5.40. The van der Waals surface area contributed by atoms with E-state index in [4.69, 9.17) is 10.2 Å². The van der Waals surface area contributed by atoms with Gasteiger partial charge in [0, 0.05) is 0 Å². The molecule has 1 heterocycles. The highest BCUT2D eigenvalue weighted by Crippen LogP contribution is 2.21. The molecule has 1 saturated heterocycles. The molecule has 0 aromatic carbocycles. The van der Waals surface area contributed by atoms with E-state index in [1.165, 1.54) is 0 Å². The summed E-state index contributed by atoms with van der Waals surface area (Å²) in [5, 5.41) is 16.1. The average molecular weight is 202 g/mol. The SMILES string of the molecule is O=S1(=O)CS(=O)(=O)C(O)C1O. The topological polar surface area (TPSA) is 109 Å². The molecule has 0 saturated carbocycles. The number of hydrogen-bond acceptors (Lipinski definition) is 6. The number of sulfone groups is 2. The van der Waals surface area contributed by atoms with E-state index < -0.39 is 35.6 Å². The Kier molecular flexibility index (Phi) is 1.75. The second kappa shape index (κ2) is 2.16. The van der Waals surface area contributed by atoms with Crippen molar-refractivity contribution in [3.8, 4) is 0 Å². The molecule has 0 radical (unpaired) electrons. The fraction of sp³-hybridized carbons (Fsp3) is 1.00. The van der Waals surface area contributed by atoms with Gasteiger partial charge in [-0.15, -0.1) is 0 Å². The van der Waals surface area contributed by atoms with Crippen LogP contribution in [0.2, 0.25) is 0 Å². The zero-order chi connectivity index (χ0) is 8.86. The summed E-state index contributed by atoms with van der Waals surface area (Å²) >= 11 is 0. The van der Waals surface area contributed by atoms with Crippen LogP contribution >= 0.6 is 0 Å². The van der Waals surface area contributed by atoms with E-state index in [0.29, 0.717) is 0 Å². The molecule has 0 aromatic rings. The molecule has 8 heteroatoms. The van der Waals surface area contributed by atoms with Gasteiger partial charge in [0.25, 0.3) is 0 Å². The van der Waals surface area contributed by atoms with Crippen molar-refractivity contribution in [2.75, 3.05) is 5.08 Å². The molecule has 2 N–H and O–H groups in total. The standard InChI is InChI=1S/C3H6O6S2/c4-2-3(5)11(8,9)1-10(2,6)7/h2-5H,1H2. The highest BCUT2D eigenvalue weighted by molar-refractivity contribution is 8.11. The molecule has 1 rings (SSSR count). The van der Waals surface area contributed by atoms with E-state index in [9.17, 15) is 16.8 Å². The van der Waals surface area contributed by atoms with E-state index in [-0.39, 0.29) is 0 Å². The Labute approximate surface area is 63.3 Å². The first-order valence-corrected chi connectivity index (χ1v) is 6.00. The lowest BCUT2D eigenvalue weighted by Gasteiger charge is -2.02. The van der Waals surface area contributed by atoms with Gasteiger partial charge in [-0.3, -0.25) is 0 Å². The smallest absolute Gasteiger partial charge is 0.197 e. The maximum absolute atomic E-state index is 10.6. The van der Waals surface area contributed by atoms with E-state index in [1.807, 2.05) is 0 Å². The van der Waals surface area contributed by atoms with Crippen LogP contribution in [0.4, 0.5) is 0 Å². The third kappa shape index (κ3) is 1.26. The Balaban J connectivity index is 3.27. The third-order valence-corrected chi connectivity index (χ3v) is 6.10. The molecular weight excluding hydrogens is 196 g/mol. The summed E-state index contributed by atoms with van der Waals surface area (Å²) in [5.41, 5.74) is -4.38.